The molecule has 1 heterocycles. The van der Waals surface area contributed by atoms with Gasteiger partial charge in [-0.1, -0.05) is 6.07 Å². The van der Waals surface area contributed by atoms with E-state index in [1.807, 2.05) is 18.2 Å². The van der Waals surface area contributed by atoms with E-state index in [2.05, 4.69) is 5.32 Å². The summed E-state index contributed by atoms with van der Waals surface area (Å²) in [5.74, 6) is 1.22. The summed E-state index contributed by atoms with van der Waals surface area (Å²) in [6.07, 6.45) is 1.26. The third-order valence-corrected chi connectivity index (χ3v) is 3.65. The van der Waals surface area contributed by atoms with Gasteiger partial charge in [-0.05, 0) is 30.5 Å². The molecule has 0 radical (unpaired) electrons. The van der Waals surface area contributed by atoms with Crippen molar-refractivity contribution >= 4 is 5.91 Å². The van der Waals surface area contributed by atoms with Gasteiger partial charge in [-0.2, -0.15) is 0 Å². The van der Waals surface area contributed by atoms with E-state index in [0.717, 1.165) is 5.56 Å². The average molecular weight is 294 g/mol. The fraction of sp³-hybridized carbons (Fsp3) is 0.533. The molecule has 21 heavy (non-hydrogen) atoms. The summed E-state index contributed by atoms with van der Waals surface area (Å²) in [5, 5.41) is 2.86. The van der Waals surface area contributed by atoms with Crippen molar-refractivity contribution in [2.75, 3.05) is 34.0 Å². The maximum atomic E-state index is 12.0. The molecule has 0 spiro atoms. The van der Waals surface area contributed by atoms with Gasteiger partial charge in [0.2, 0.25) is 5.91 Å². The molecule has 2 rings (SSSR count). The van der Waals surface area contributed by atoms with Crippen molar-refractivity contribution in [3.63, 3.8) is 0 Å². The lowest BCUT2D eigenvalue weighted by molar-refractivity contribution is -0.126. The molecule has 0 bridgehead atoms. The van der Waals surface area contributed by atoms with E-state index < -0.39 is 5.54 Å². The lowest BCUT2D eigenvalue weighted by Gasteiger charge is -2.20. The lowest BCUT2D eigenvalue weighted by Crippen LogP contribution is -2.54. The van der Waals surface area contributed by atoms with Gasteiger partial charge in [-0.3, -0.25) is 4.79 Å². The van der Waals surface area contributed by atoms with E-state index in [1.54, 1.807) is 14.2 Å². The highest BCUT2D eigenvalue weighted by atomic mass is 16.5. The summed E-state index contributed by atoms with van der Waals surface area (Å²) < 4.78 is 15.6. The number of nitrogens with one attached hydrogen (secondary N) is 1. The highest BCUT2D eigenvalue weighted by Gasteiger charge is 2.37. The smallest absolute Gasteiger partial charge is 0.242 e. The van der Waals surface area contributed by atoms with Gasteiger partial charge < -0.3 is 25.3 Å². The van der Waals surface area contributed by atoms with Crippen LogP contribution in [0.25, 0.3) is 0 Å². The van der Waals surface area contributed by atoms with Crippen LogP contribution in [0.2, 0.25) is 0 Å². The first-order chi connectivity index (χ1) is 10.1. The Labute approximate surface area is 124 Å². The number of hydrogen-bond donors (Lipinski definition) is 2. The van der Waals surface area contributed by atoms with E-state index in [4.69, 9.17) is 19.9 Å². The number of carbonyl (C=O) groups excluding carboxylic acids is 1. The predicted octanol–water partition coefficient (Wildman–Crippen LogP) is 0.480. The van der Waals surface area contributed by atoms with Crippen LogP contribution in [-0.2, 0) is 16.0 Å². The molecule has 1 saturated heterocycles. The quantitative estimate of drug-likeness (QED) is 0.797. The molecule has 1 unspecified atom stereocenters. The Morgan fingerprint density at radius 3 is 2.76 bits per heavy atom. The van der Waals surface area contributed by atoms with Crippen molar-refractivity contribution in [2.24, 2.45) is 5.73 Å². The third-order valence-electron chi connectivity index (χ3n) is 3.65. The summed E-state index contributed by atoms with van der Waals surface area (Å²) >= 11 is 0. The highest BCUT2D eigenvalue weighted by molar-refractivity contribution is 5.86. The molecule has 3 N–H and O–H groups in total. The van der Waals surface area contributed by atoms with Gasteiger partial charge in [-0.25, -0.2) is 0 Å². The average Bonchev–Trinajstić information content (AvgIpc) is 2.95. The van der Waals surface area contributed by atoms with E-state index >= 15 is 0 Å². The summed E-state index contributed by atoms with van der Waals surface area (Å²) in [7, 11) is 3.20. The number of benzene rings is 1. The van der Waals surface area contributed by atoms with Crippen LogP contribution in [0.5, 0.6) is 11.5 Å². The van der Waals surface area contributed by atoms with Crippen LogP contribution < -0.4 is 20.5 Å². The molecule has 6 nitrogen and oxygen atoms in total. The molecule has 1 amide bonds. The molecule has 0 aromatic heterocycles. The van der Waals surface area contributed by atoms with Gasteiger partial charge in [0.25, 0.3) is 0 Å². The van der Waals surface area contributed by atoms with Crippen molar-refractivity contribution in [1.82, 2.24) is 5.32 Å². The maximum Gasteiger partial charge on any atom is 0.242 e. The number of hydrogen-bond acceptors (Lipinski definition) is 5. The zero-order valence-electron chi connectivity index (χ0n) is 12.5. The fourth-order valence-corrected chi connectivity index (χ4v) is 2.29. The van der Waals surface area contributed by atoms with E-state index in [9.17, 15) is 4.79 Å². The third kappa shape index (κ3) is 3.65. The van der Waals surface area contributed by atoms with Crippen molar-refractivity contribution in [2.45, 2.75) is 18.4 Å². The van der Waals surface area contributed by atoms with Gasteiger partial charge in [0.1, 0.15) is 5.54 Å². The topological polar surface area (TPSA) is 82.8 Å². The van der Waals surface area contributed by atoms with E-state index in [-0.39, 0.29) is 12.5 Å². The van der Waals surface area contributed by atoms with E-state index in [0.29, 0.717) is 37.5 Å². The van der Waals surface area contributed by atoms with Crippen LogP contribution in [0.1, 0.15) is 12.0 Å². The van der Waals surface area contributed by atoms with Gasteiger partial charge in [-0.15, -0.1) is 0 Å². The molecule has 0 saturated carbocycles. The van der Waals surface area contributed by atoms with E-state index in [1.165, 1.54) is 0 Å². The fourth-order valence-electron chi connectivity index (χ4n) is 2.29. The monoisotopic (exact) mass is 294 g/mol. The Morgan fingerprint density at radius 1 is 1.38 bits per heavy atom. The second-order valence-electron chi connectivity index (χ2n) is 5.15. The molecule has 0 aliphatic carbocycles. The molecule has 6 heteroatoms. The highest BCUT2D eigenvalue weighted by Crippen LogP contribution is 2.27. The molecule has 1 aliphatic heterocycles. The van der Waals surface area contributed by atoms with Crippen molar-refractivity contribution in [1.29, 1.82) is 0 Å². The number of nitrogens with two attached hydrogens (primary N) is 1. The number of rotatable bonds is 6. The normalized spacial score (nSPS) is 21.1. The van der Waals surface area contributed by atoms with Gasteiger partial charge >= 0.3 is 0 Å². The zero-order chi connectivity index (χ0) is 15.3. The molecule has 1 aromatic carbocycles. The Bertz CT molecular complexity index is 498. The molecule has 1 aliphatic rings. The zero-order valence-corrected chi connectivity index (χ0v) is 12.5. The van der Waals surface area contributed by atoms with Crippen molar-refractivity contribution in [3.8, 4) is 11.5 Å². The summed E-state index contributed by atoms with van der Waals surface area (Å²) in [4.78, 5) is 12.0. The number of amides is 1. The molecule has 1 fully saturated rings. The largest absolute Gasteiger partial charge is 0.493 e. The van der Waals surface area contributed by atoms with Crippen molar-refractivity contribution in [3.05, 3.63) is 23.8 Å². The van der Waals surface area contributed by atoms with Crippen LogP contribution in [0.4, 0.5) is 0 Å². The lowest BCUT2D eigenvalue weighted by atomic mass is 9.99. The maximum absolute atomic E-state index is 12.0. The molecule has 1 aromatic rings. The standard InChI is InChI=1S/C15H22N2O4/c1-19-12-4-3-11(9-13(12)20-2)5-7-17-14(18)15(16)6-8-21-10-15/h3-4,9H,5-8,10,16H2,1-2H3,(H,17,18). The summed E-state index contributed by atoms with van der Waals surface area (Å²) in [5.41, 5.74) is 6.17. The minimum Gasteiger partial charge on any atom is -0.493 e. The Balaban J connectivity index is 1.87. The number of carbonyl (C=O) groups is 1. The summed E-state index contributed by atoms with van der Waals surface area (Å²) in [6.45, 7) is 1.35. The first-order valence-corrected chi connectivity index (χ1v) is 6.95. The number of methoxy groups -OCH3 is 2. The molecule has 1 atom stereocenters. The Hall–Kier alpha value is -1.79. The van der Waals surface area contributed by atoms with Crippen LogP contribution in [0.3, 0.4) is 0 Å². The van der Waals surface area contributed by atoms with Crippen LogP contribution in [-0.4, -0.2) is 45.4 Å². The second kappa shape index (κ2) is 6.78. The minimum atomic E-state index is -0.877. The minimum absolute atomic E-state index is 0.152. The summed E-state index contributed by atoms with van der Waals surface area (Å²) in [6, 6.07) is 5.71. The SMILES string of the molecule is COc1ccc(CCNC(=O)C2(N)CCOC2)cc1OC. The van der Waals surface area contributed by atoms with Gasteiger partial charge in [0.15, 0.2) is 11.5 Å². The second-order valence-corrected chi connectivity index (χ2v) is 5.15. The first-order valence-electron chi connectivity index (χ1n) is 6.95. The Kier molecular flexibility index (Phi) is 5.03. The number of ether oxygens (including phenoxy) is 3. The molecular formula is C15H22N2O4. The Morgan fingerprint density at radius 2 is 2.14 bits per heavy atom. The van der Waals surface area contributed by atoms with Gasteiger partial charge in [0.05, 0.1) is 20.8 Å². The van der Waals surface area contributed by atoms with Crippen LogP contribution in [0.15, 0.2) is 18.2 Å². The van der Waals surface area contributed by atoms with Gasteiger partial charge in [0, 0.05) is 13.2 Å². The van der Waals surface area contributed by atoms with Crippen LogP contribution in [0, 0.1) is 0 Å². The van der Waals surface area contributed by atoms with Crippen molar-refractivity contribution < 1.29 is 19.0 Å². The van der Waals surface area contributed by atoms with Crippen LogP contribution >= 0.6 is 0 Å². The predicted molar refractivity (Wildman–Crippen MR) is 78.6 cm³/mol. The molecular weight excluding hydrogens is 272 g/mol. The first kappa shape index (κ1) is 15.6. The molecule has 116 valence electrons.